The van der Waals surface area contributed by atoms with E-state index in [0.717, 1.165) is 28.3 Å². The van der Waals surface area contributed by atoms with E-state index < -0.39 is 0 Å². The van der Waals surface area contributed by atoms with E-state index >= 15 is 0 Å². The fraction of sp³-hybridized carbons (Fsp3) is 0.133. The summed E-state index contributed by atoms with van der Waals surface area (Å²) in [4.78, 5) is 4.69. The second-order valence-electron chi connectivity index (χ2n) is 4.22. The minimum absolute atomic E-state index is 0.778. The molecule has 0 aliphatic heterocycles. The second-order valence-corrected chi connectivity index (χ2v) is 4.22. The van der Waals surface area contributed by atoms with E-state index in [1.807, 2.05) is 47.0 Å². The number of hydrogen-bond acceptors (Lipinski definition) is 2. The van der Waals surface area contributed by atoms with E-state index in [1.165, 1.54) is 0 Å². The Balaban J connectivity index is 2.33. The van der Waals surface area contributed by atoms with E-state index in [9.17, 15) is 0 Å². The molecular weight excluding hydrogens is 224 g/mol. The van der Waals surface area contributed by atoms with Gasteiger partial charge in [0.15, 0.2) is 0 Å². The molecule has 3 heteroatoms. The van der Waals surface area contributed by atoms with E-state index in [4.69, 9.17) is 9.72 Å². The smallest absolute Gasteiger partial charge is 0.226 e. The van der Waals surface area contributed by atoms with Gasteiger partial charge in [0.25, 0.3) is 0 Å². The van der Waals surface area contributed by atoms with Crippen molar-refractivity contribution in [2.45, 2.75) is 6.92 Å². The summed E-state index contributed by atoms with van der Waals surface area (Å²) in [5.74, 6) is 0.778. The van der Waals surface area contributed by atoms with Crippen molar-refractivity contribution in [1.29, 1.82) is 0 Å². The highest BCUT2D eigenvalue weighted by atomic mass is 16.5. The minimum Gasteiger partial charge on any atom is -0.480 e. The summed E-state index contributed by atoms with van der Waals surface area (Å²) in [6.07, 6.45) is 1.97. The molecule has 0 atom stereocenters. The van der Waals surface area contributed by atoms with Gasteiger partial charge in [-0.25, -0.2) is 4.98 Å². The molecule has 0 fully saturated rings. The highest BCUT2D eigenvalue weighted by molar-refractivity contribution is 5.70. The molecule has 0 radical (unpaired) electrons. The molecule has 3 aromatic rings. The summed E-state index contributed by atoms with van der Waals surface area (Å²) in [5, 5.41) is 0. The normalized spacial score (nSPS) is 10.8. The molecule has 3 rings (SSSR count). The minimum atomic E-state index is 0.778. The third kappa shape index (κ3) is 1.56. The zero-order chi connectivity index (χ0) is 12.5. The number of hydrogen-bond donors (Lipinski definition) is 0. The summed E-state index contributed by atoms with van der Waals surface area (Å²) >= 11 is 0. The van der Waals surface area contributed by atoms with Gasteiger partial charge in [0.1, 0.15) is 11.3 Å². The molecule has 2 aromatic heterocycles. The Bertz CT molecular complexity index is 686. The maximum Gasteiger partial charge on any atom is 0.226 e. The Morgan fingerprint density at radius 2 is 1.83 bits per heavy atom. The molecule has 3 nitrogen and oxygen atoms in total. The van der Waals surface area contributed by atoms with Crippen LogP contribution in [-0.2, 0) is 0 Å². The molecule has 0 spiro atoms. The summed E-state index contributed by atoms with van der Waals surface area (Å²) in [5.41, 5.74) is 4.02. The van der Waals surface area contributed by atoms with Gasteiger partial charge in [-0.15, -0.1) is 0 Å². The number of fused-ring (bicyclic) bond motifs is 1. The van der Waals surface area contributed by atoms with Crippen LogP contribution in [0.4, 0.5) is 0 Å². The number of aromatic nitrogens is 2. The summed E-state index contributed by atoms with van der Waals surface area (Å²) in [7, 11) is 1.68. The monoisotopic (exact) mass is 238 g/mol. The molecule has 0 aliphatic rings. The van der Waals surface area contributed by atoms with Crippen LogP contribution in [0.2, 0.25) is 0 Å². The van der Waals surface area contributed by atoms with E-state index in [1.54, 1.807) is 7.11 Å². The summed E-state index contributed by atoms with van der Waals surface area (Å²) in [6, 6.07) is 14.1. The predicted octanol–water partition coefficient (Wildman–Crippen LogP) is 3.32. The summed E-state index contributed by atoms with van der Waals surface area (Å²) < 4.78 is 7.49. The van der Waals surface area contributed by atoms with Gasteiger partial charge in [-0.2, -0.15) is 0 Å². The lowest BCUT2D eigenvalue weighted by Gasteiger charge is -2.03. The third-order valence-electron chi connectivity index (χ3n) is 3.04. The lowest BCUT2D eigenvalue weighted by molar-refractivity contribution is 0.396. The van der Waals surface area contributed by atoms with Crippen LogP contribution in [0.15, 0.2) is 48.7 Å². The van der Waals surface area contributed by atoms with Gasteiger partial charge in [-0.3, -0.25) is 4.40 Å². The Kier molecular flexibility index (Phi) is 2.52. The quantitative estimate of drug-likeness (QED) is 0.684. The van der Waals surface area contributed by atoms with Crippen molar-refractivity contribution < 1.29 is 4.74 Å². The van der Waals surface area contributed by atoms with Gasteiger partial charge >= 0.3 is 0 Å². The van der Waals surface area contributed by atoms with Crippen LogP contribution in [0.25, 0.3) is 16.9 Å². The highest BCUT2D eigenvalue weighted by Gasteiger charge is 2.14. The Morgan fingerprint density at radius 1 is 1.06 bits per heavy atom. The van der Waals surface area contributed by atoms with Crippen molar-refractivity contribution in [3.8, 4) is 17.1 Å². The van der Waals surface area contributed by atoms with E-state index in [-0.39, 0.29) is 0 Å². The SMILES string of the molecule is COc1c(-c2ccccc2)nc2c(C)cccn12. The number of benzene rings is 1. The molecule has 90 valence electrons. The first-order chi connectivity index (χ1) is 8.81. The van der Waals surface area contributed by atoms with Gasteiger partial charge in [-0.1, -0.05) is 36.4 Å². The molecule has 0 amide bonds. The molecule has 1 aromatic carbocycles. The Morgan fingerprint density at radius 3 is 2.56 bits per heavy atom. The Hall–Kier alpha value is -2.29. The van der Waals surface area contributed by atoms with Crippen LogP contribution in [0.3, 0.4) is 0 Å². The van der Waals surface area contributed by atoms with Gasteiger partial charge < -0.3 is 4.74 Å². The first-order valence-corrected chi connectivity index (χ1v) is 5.88. The molecule has 2 heterocycles. The number of nitrogens with zero attached hydrogens (tertiary/aromatic N) is 2. The maximum atomic E-state index is 5.51. The zero-order valence-corrected chi connectivity index (χ0v) is 10.4. The standard InChI is InChI=1S/C15H14N2O/c1-11-7-6-10-17-14(11)16-13(15(17)18-2)12-8-4-3-5-9-12/h3-10H,1-2H3. The first-order valence-electron chi connectivity index (χ1n) is 5.88. The average Bonchev–Trinajstić information content (AvgIpc) is 2.80. The van der Waals surface area contributed by atoms with Gasteiger partial charge in [0.2, 0.25) is 5.88 Å². The van der Waals surface area contributed by atoms with E-state index in [0.29, 0.717) is 0 Å². The van der Waals surface area contributed by atoms with Crippen LogP contribution in [0.1, 0.15) is 5.56 Å². The first kappa shape index (κ1) is 10.8. The number of rotatable bonds is 2. The van der Waals surface area contributed by atoms with Gasteiger partial charge in [0.05, 0.1) is 7.11 Å². The van der Waals surface area contributed by atoms with Crippen LogP contribution in [-0.4, -0.2) is 16.5 Å². The van der Waals surface area contributed by atoms with Crippen molar-refractivity contribution in [2.75, 3.05) is 7.11 Å². The highest BCUT2D eigenvalue weighted by Crippen LogP contribution is 2.30. The van der Waals surface area contributed by atoms with Crippen molar-refractivity contribution in [3.05, 3.63) is 54.2 Å². The largest absolute Gasteiger partial charge is 0.480 e. The number of imidazole rings is 1. The number of aryl methyl sites for hydroxylation is 1. The predicted molar refractivity (Wildman–Crippen MR) is 71.9 cm³/mol. The van der Waals surface area contributed by atoms with Crippen molar-refractivity contribution >= 4 is 5.65 Å². The van der Waals surface area contributed by atoms with Crippen molar-refractivity contribution in [2.24, 2.45) is 0 Å². The lowest BCUT2D eigenvalue weighted by atomic mass is 10.2. The molecule has 0 aliphatic carbocycles. The summed E-state index contributed by atoms with van der Waals surface area (Å²) in [6.45, 7) is 2.05. The average molecular weight is 238 g/mol. The fourth-order valence-corrected chi connectivity index (χ4v) is 2.16. The molecule has 0 N–H and O–H groups in total. The lowest BCUT2D eigenvalue weighted by Crippen LogP contribution is -1.92. The van der Waals surface area contributed by atoms with Crippen molar-refractivity contribution in [1.82, 2.24) is 9.38 Å². The number of ether oxygens (including phenoxy) is 1. The molecule has 0 unspecified atom stereocenters. The van der Waals surface area contributed by atoms with Gasteiger partial charge in [-0.05, 0) is 18.6 Å². The van der Waals surface area contributed by atoms with Crippen LogP contribution < -0.4 is 4.74 Å². The second kappa shape index (κ2) is 4.18. The molecule has 0 bridgehead atoms. The Labute approximate surface area is 106 Å². The molecule has 0 saturated heterocycles. The number of methoxy groups -OCH3 is 1. The maximum absolute atomic E-state index is 5.51. The van der Waals surface area contributed by atoms with Crippen LogP contribution in [0, 0.1) is 6.92 Å². The van der Waals surface area contributed by atoms with E-state index in [2.05, 4.69) is 13.0 Å². The van der Waals surface area contributed by atoms with Gasteiger partial charge in [0, 0.05) is 11.8 Å². The fourth-order valence-electron chi connectivity index (χ4n) is 2.16. The van der Waals surface area contributed by atoms with Crippen LogP contribution in [0.5, 0.6) is 5.88 Å². The number of pyridine rings is 1. The molecular formula is C15H14N2O. The topological polar surface area (TPSA) is 26.5 Å². The van der Waals surface area contributed by atoms with Crippen LogP contribution >= 0.6 is 0 Å². The zero-order valence-electron chi connectivity index (χ0n) is 10.4. The van der Waals surface area contributed by atoms with Crippen molar-refractivity contribution in [3.63, 3.8) is 0 Å². The third-order valence-corrected chi connectivity index (χ3v) is 3.04. The molecule has 18 heavy (non-hydrogen) atoms. The molecule has 0 saturated carbocycles.